The smallest absolute Gasteiger partial charge is 0.220 e. The van der Waals surface area contributed by atoms with Gasteiger partial charge < -0.3 is 24.8 Å². The fourth-order valence-corrected chi connectivity index (χ4v) is 4.28. The van der Waals surface area contributed by atoms with Crippen molar-refractivity contribution in [1.29, 1.82) is 0 Å². The Morgan fingerprint density at radius 3 is 2.60 bits per heavy atom. The predicted molar refractivity (Wildman–Crippen MR) is 118 cm³/mol. The number of nitrogens with zero attached hydrogens (tertiary/aromatic N) is 1. The minimum absolute atomic E-state index is 0.0366. The largest absolute Gasteiger partial charge is 0.486 e. The van der Waals surface area contributed by atoms with Crippen molar-refractivity contribution < 1.29 is 19.4 Å². The molecule has 0 radical (unpaired) electrons. The highest BCUT2D eigenvalue weighted by Crippen LogP contribution is 2.33. The number of carbonyl (C=O) groups is 1. The number of rotatable bonds is 12. The van der Waals surface area contributed by atoms with Crippen LogP contribution in [0.15, 0.2) is 18.2 Å². The van der Waals surface area contributed by atoms with Crippen LogP contribution in [-0.2, 0) is 4.79 Å². The van der Waals surface area contributed by atoms with Crippen molar-refractivity contribution in [3.05, 3.63) is 23.8 Å². The van der Waals surface area contributed by atoms with Crippen LogP contribution in [-0.4, -0.2) is 54.8 Å². The summed E-state index contributed by atoms with van der Waals surface area (Å²) in [7, 11) is 0. The van der Waals surface area contributed by atoms with Crippen molar-refractivity contribution in [3.63, 3.8) is 0 Å². The monoisotopic (exact) mass is 418 g/mol. The number of carbonyl (C=O) groups excluding carboxylic acids is 1. The molecule has 6 nitrogen and oxygen atoms in total. The number of aliphatic hydroxyl groups excluding tert-OH is 1. The van der Waals surface area contributed by atoms with Crippen LogP contribution in [0, 0.1) is 0 Å². The normalized spacial score (nSPS) is 18.2. The molecule has 1 amide bonds. The first-order valence-electron chi connectivity index (χ1n) is 11.8. The molecule has 0 unspecified atom stereocenters. The van der Waals surface area contributed by atoms with Gasteiger partial charge in [0.05, 0.1) is 12.1 Å². The molecule has 0 aliphatic carbocycles. The lowest BCUT2D eigenvalue weighted by Crippen LogP contribution is -2.41. The second-order valence-corrected chi connectivity index (χ2v) is 8.52. The van der Waals surface area contributed by atoms with E-state index in [0.717, 1.165) is 44.5 Å². The van der Waals surface area contributed by atoms with Crippen molar-refractivity contribution in [3.8, 4) is 11.5 Å². The molecule has 2 atom stereocenters. The van der Waals surface area contributed by atoms with Gasteiger partial charge in [0.2, 0.25) is 5.91 Å². The van der Waals surface area contributed by atoms with Crippen LogP contribution in [0.3, 0.4) is 0 Å². The highest BCUT2D eigenvalue weighted by molar-refractivity contribution is 5.76. The van der Waals surface area contributed by atoms with Gasteiger partial charge in [-0.3, -0.25) is 4.79 Å². The van der Waals surface area contributed by atoms with Gasteiger partial charge in [-0.1, -0.05) is 38.7 Å². The molecule has 1 fully saturated rings. The molecule has 2 aliphatic rings. The van der Waals surface area contributed by atoms with Gasteiger partial charge in [0.15, 0.2) is 11.5 Å². The van der Waals surface area contributed by atoms with E-state index in [-0.39, 0.29) is 11.9 Å². The van der Waals surface area contributed by atoms with Gasteiger partial charge in [0.1, 0.15) is 13.2 Å². The van der Waals surface area contributed by atoms with Gasteiger partial charge in [-0.05, 0) is 56.5 Å². The van der Waals surface area contributed by atoms with Crippen molar-refractivity contribution in [2.24, 2.45) is 0 Å². The Bertz CT molecular complexity index is 661. The van der Waals surface area contributed by atoms with Crippen LogP contribution in [0.25, 0.3) is 0 Å². The average molecular weight is 419 g/mol. The van der Waals surface area contributed by atoms with Crippen LogP contribution in [0.5, 0.6) is 11.5 Å². The van der Waals surface area contributed by atoms with Crippen LogP contribution in [0.1, 0.15) is 76.4 Å². The maximum atomic E-state index is 12.6. The van der Waals surface area contributed by atoms with E-state index in [4.69, 9.17) is 9.47 Å². The first-order chi connectivity index (χ1) is 14.7. The lowest BCUT2D eigenvalue weighted by atomic mass is 9.98. The van der Waals surface area contributed by atoms with Gasteiger partial charge in [-0.2, -0.15) is 0 Å². The van der Waals surface area contributed by atoms with Crippen LogP contribution >= 0.6 is 0 Å². The summed E-state index contributed by atoms with van der Waals surface area (Å²) in [5, 5.41) is 14.2. The van der Waals surface area contributed by atoms with Crippen molar-refractivity contribution in [2.75, 3.05) is 32.8 Å². The second kappa shape index (κ2) is 12.2. The molecule has 1 aromatic rings. The van der Waals surface area contributed by atoms with Crippen molar-refractivity contribution in [2.45, 2.75) is 76.9 Å². The molecular weight excluding hydrogens is 380 g/mol. The number of fused-ring (bicyclic) bond motifs is 1. The number of amides is 1. The topological polar surface area (TPSA) is 71.0 Å². The molecule has 168 valence electrons. The quantitative estimate of drug-likeness (QED) is 0.505. The lowest BCUT2D eigenvalue weighted by Gasteiger charge is -2.28. The fraction of sp³-hybridized carbons (Fsp3) is 0.708. The molecule has 1 saturated heterocycles. The Morgan fingerprint density at radius 1 is 1.10 bits per heavy atom. The first kappa shape index (κ1) is 22.9. The molecule has 6 heteroatoms. The summed E-state index contributed by atoms with van der Waals surface area (Å²) in [4.78, 5) is 15.0. The number of unbranched alkanes of at least 4 members (excludes halogenated alkanes) is 4. The number of likely N-dealkylation sites (tertiary alicyclic amines) is 1. The highest BCUT2D eigenvalue weighted by Gasteiger charge is 2.26. The molecule has 0 bridgehead atoms. The lowest BCUT2D eigenvalue weighted by molar-refractivity contribution is -0.122. The highest BCUT2D eigenvalue weighted by atomic mass is 16.6. The average Bonchev–Trinajstić information content (AvgIpc) is 3.29. The summed E-state index contributed by atoms with van der Waals surface area (Å²) in [5.74, 6) is 1.41. The molecule has 30 heavy (non-hydrogen) atoms. The molecule has 0 saturated carbocycles. The number of hydrogen-bond acceptors (Lipinski definition) is 5. The van der Waals surface area contributed by atoms with Gasteiger partial charge in [0, 0.05) is 13.0 Å². The van der Waals surface area contributed by atoms with E-state index in [1.807, 2.05) is 18.2 Å². The molecular formula is C24H38N2O4. The minimum Gasteiger partial charge on any atom is -0.486 e. The maximum Gasteiger partial charge on any atom is 0.220 e. The zero-order valence-electron chi connectivity index (χ0n) is 18.4. The first-order valence-corrected chi connectivity index (χ1v) is 11.8. The maximum absolute atomic E-state index is 12.6. The number of ether oxygens (including phenoxy) is 2. The third-order valence-corrected chi connectivity index (χ3v) is 6.10. The molecule has 2 aliphatic heterocycles. The van der Waals surface area contributed by atoms with Crippen LogP contribution in [0.2, 0.25) is 0 Å². The Kier molecular flexibility index (Phi) is 9.27. The van der Waals surface area contributed by atoms with Crippen molar-refractivity contribution >= 4 is 5.91 Å². The zero-order valence-corrected chi connectivity index (χ0v) is 18.4. The predicted octanol–water partition coefficient (Wildman–Crippen LogP) is 3.82. The van der Waals surface area contributed by atoms with E-state index in [9.17, 15) is 9.90 Å². The molecule has 0 spiro atoms. The van der Waals surface area contributed by atoms with Gasteiger partial charge in [-0.25, -0.2) is 0 Å². The van der Waals surface area contributed by atoms with E-state index in [1.165, 1.54) is 32.1 Å². The fourth-order valence-electron chi connectivity index (χ4n) is 4.28. The van der Waals surface area contributed by atoms with E-state index in [2.05, 4.69) is 17.1 Å². The Balaban J connectivity index is 1.59. The molecule has 2 heterocycles. The number of nitrogens with one attached hydrogen (secondary N) is 1. The zero-order chi connectivity index (χ0) is 21.2. The van der Waals surface area contributed by atoms with Crippen LogP contribution in [0.4, 0.5) is 0 Å². The Hall–Kier alpha value is -1.79. The van der Waals surface area contributed by atoms with Gasteiger partial charge in [-0.15, -0.1) is 0 Å². The molecule has 3 rings (SSSR count). The van der Waals surface area contributed by atoms with Gasteiger partial charge >= 0.3 is 0 Å². The number of hydrogen-bond donors (Lipinski definition) is 2. The summed E-state index contributed by atoms with van der Waals surface area (Å²) < 4.78 is 11.3. The molecule has 2 N–H and O–H groups in total. The summed E-state index contributed by atoms with van der Waals surface area (Å²) in [6, 6.07) is 5.26. The number of benzene rings is 1. The van der Waals surface area contributed by atoms with E-state index in [0.29, 0.717) is 31.1 Å². The SMILES string of the molecule is CCCCCCCC(=O)N[C@H](CCN1CCCC1)[C@H](O)c1ccc2c(c1)OCCO2. The Morgan fingerprint density at radius 2 is 1.83 bits per heavy atom. The van der Waals surface area contributed by atoms with Crippen LogP contribution < -0.4 is 14.8 Å². The van der Waals surface area contributed by atoms with E-state index in [1.54, 1.807) is 0 Å². The van der Waals surface area contributed by atoms with Crippen molar-refractivity contribution in [1.82, 2.24) is 10.2 Å². The number of aliphatic hydroxyl groups is 1. The minimum atomic E-state index is -0.771. The summed E-state index contributed by atoms with van der Waals surface area (Å²) in [6.45, 7) is 6.36. The summed E-state index contributed by atoms with van der Waals surface area (Å²) in [6.07, 6.45) is 8.56. The van der Waals surface area contributed by atoms with E-state index >= 15 is 0 Å². The van der Waals surface area contributed by atoms with Gasteiger partial charge in [0.25, 0.3) is 0 Å². The summed E-state index contributed by atoms with van der Waals surface area (Å²) in [5.41, 5.74) is 0.758. The molecule has 1 aromatic carbocycles. The summed E-state index contributed by atoms with van der Waals surface area (Å²) >= 11 is 0. The third-order valence-electron chi connectivity index (χ3n) is 6.10. The van der Waals surface area contributed by atoms with E-state index < -0.39 is 6.10 Å². The Labute approximate surface area is 180 Å². The second-order valence-electron chi connectivity index (χ2n) is 8.52. The standard InChI is InChI=1S/C24H38N2O4/c1-2-3-4-5-6-9-23(27)25-20(12-15-26-13-7-8-14-26)24(28)19-10-11-21-22(18-19)30-17-16-29-21/h10-11,18,20,24,28H,2-9,12-17H2,1H3,(H,25,27)/t20-,24-/m1/s1. The molecule has 0 aromatic heterocycles. The third kappa shape index (κ3) is 6.88.